The normalized spacial score (nSPS) is 11.1. The van der Waals surface area contributed by atoms with Gasteiger partial charge in [-0.2, -0.15) is 0 Å². The van der Waals surface area contributed by atoms with Gasteiger partial charge in [-0.15, -0.1) is 11.3 Å². The SMILES string of the molecule is CCS(=O)(=O)Nc1ccccc1C(=O)Nc1ncc(C)s1. The molecule has 1 aromatic heterocycles. The summed E-state index contributed by atoms with van der Waals surface area (Å²) in [4.78, 5) is 17.3. The summed E-state index contributed by atoms with van der Waals surface area (Å²) >= 11 is 1.35. The molecule has 6 nitrogen and oxygen atoms in total. The molecule has 0 radical (unpaired) electrons. The van der Waals surface area contributed by atoms with Gasteiger partial charge in [0, 0.05) is 11.1 Å². The smallest absolute Gasteiger partial charge is 0.259 e. The Morgan fingerprint density at radius 3 is 2.67 bits per heavy atom. The molecule has 0 aliphatic carbocycles. The van der Waals surface area contributed by atoms with Crippen LogP contribution in [0.15, 0.2) is 30.5 Å². The second kappa shape index (κ2) is 6.23. The molecule has 21 heavy (non-hydrogen) atoms. The summed E-state index contributed by atoms with van der Waals surface area (Å²) in [5.74, 6) is -0.465. The van der Waals surface area contributed by atoms with Crippen molar-refractivity contribution in [1.82, 2.24) is 4.98 Å². The third-order valence-electron chi connectivity index (χ3n) is 2.66. The number of sulfonamides is 1. The summed E-state index contributed by atoms with van der Waals surface area (Å²) in [5.41, 5.74) is 0.507. The Morgan fingerprint density at radius 2 is 2.05 bits per heavy atom. The number of nitrogens with zero attached hydrogens (tertiary/aromatic N) is 1. The van der Waals surface area contributed by atoms with Crippen LogP contribution in [0.5, 0.6) is 0 Å². The minimum absolute atomic E-state index is 0.0609. The largest absolute Gasteiger partial charge is 0.298 e. The molecule has 8 heteroatoms. The van der Waals surface area contributed by atoms with Crippen LogP contribution < -0.4 is 10.0 Å². The van der Waals surface area contributed by atoms with Crippen molar-refractivity contribution in [2.45, 2.75) is 13.8 Å². The first-order valence-electron chi connectivity index (χ1n) is 6.24. The van der Waals surface area contributed by atoms with E-state index < -0.39 is 15.9 Å². The molecular formula is C13H15N3O3S2. The van der Waals surface area contributed by atoms with Crippen LogP contribution in [-0.2, 0) is 10.0 Å². The number of rotatable bonds is 5. The molecule has 0 unspecified atom stereocenters. The second-order valence-electron chi connectivity index (χ2n) is 4.28. The number of amides is 1. The highest BCUT2D eigenvalue weighted by Gasteiger charge is 2.16. The number of para-hydroxylation sites is 1. The van der Waals surface area contributed by atoms with Gasteiger partial charge in [0.2, 0.25) is 10.0 Å². The maximum atomic E-state index is 12.2. The summed E-state index contributed by atoms with van der Waals surface area (Å²) < 4.78 is 25.7. The lowest BCUT2D eigenvalue weighted by atomic mass is 10.2. The molecule has 1 heterocycles. The van der Waals surface area contributed by atoms with E-state index in [9.17, 15) is 13.2 Å². The van der Waals surface area contributed by atoms with Crippen molar-refractivity contribution in [3.8, 4) is 0 Å². The van der Waals surface area contributed by atoms with Gasteiger partial charge in [-0.1, -0.05) is 12.1 Å². The first-order valence-corrected chi connectivity index (χ1v) is 8.71. The van der Waals surface area contributed by atoms with Gasteiger partial charge in [0.1, 0.15) is 0 Å². The Labute approximate surface area is 127 Å². The van der Waals surface area contributed by atoms with E-state index >= 15 is 0 Å². The molecule has 1 aromatic carbocycles. The van der Waals surface area contributed by atoms with Gasteiger partial charge in [-0.25, -0.2) is 13.4 Å². The third kappa shape index (κ3) is 4.02. The van der Waals surface area contributed by atoms with E-state index in [0.717, 1.165) is 4.88 Å². The van der Waals surface area contributed by atoms with Crippen LogP contribution in [0, 0.1) is 6.92 Å². The monoisotopic (exact) mass is 325 g/mol. The zero-order valence-electron chi connectivity index (χ0n) is 11.6. The fourth-order valence-electron chi connectivity index (χ4n) is 1.59. The van der Waals surface area contributed by atoms with Gasteiger partial charge < -0.3 is 0 Å². The Morgan fingerprint density at radius 1 is 1.33 bits per heavy atom. The fourth-order valence-corrected chi connectivity index (χ4v) is 2.90. The minimum atomic E-state index is -3.44. The Bertz CT molecular complexity index is 754. The number of aromatic nitrogens is 1. The Balaban J connectivity index is 2.25. The summed E-state index contributed by atoms with van der Waals surface area (Å²) in [6.45, 7) is 3.42. The average Bonchev–Trinajstić information content (AvgIpc) is 2.84. The van der Waals surface area contributed by atoms with Crippen LogP contribution in [0.4, 0.5) is 10.8 Å². The number of aryl methyl sites for hydroxylation is 1. The number of thiazole rings is 1. The predicted molar refractivity (Wildman–Crippen MR) is 84.3 cm³/mol. The molecule has 1 amide bonds. The highest BCUT2D eigenvalue weighted by Crippen LogP contribution is 2.21. The van der Waals surface area contributed by atoms with E-state index in [2.05, 4.69) is 15.0 Å². The maximum Gasteiger partial charge on any atom is 0.259 e. The van der Waals surface area contributed by atoms with Crippen LogP contribution >= 0.6 is 11.3 Å². The third-order valence-corrected chi connectivity index (χ3v) is 4.78. The molecule has 0 fully saturated rings. The zero-order valence-corrected chi connectivity index (χ0v) is 13.2. The molecule has 2 N–H and O–H groups in total. The van der Waals surface area contributed by atoms with Gasteiger partial charge in [-0.3, -0.25) is 14.8 Å². The molecule has 0 aliphatic rings. The predicted octanol–water partition coefficient (Wildman–Crippen LogP) is 2.47. The first-order chi connectivity index (χ1) is 9.91. The second-order valence-corrected chi connectivity index (χ2v) is 7.53. The summed E-state index contributed by atoms with van der Waals surface area (Å²) in [6, 6.07) is 6.45. The molecule has 0 bridgehead atoms. The fraction of sp³-hybridized carbons (Fsp3) is 0.231. The van der Waals surface area contributed by atoms with E-state index in [1.54, 1.807) is 30.5 Å². The van der Waals surface area contributed by atoms with Gasteiger partial charge in [0.25, 0.3) is 5.91 Å². The number of carbonyl (C=O) groups is 1. The van der Waals surface area contributed by atoms with Crippen LogP contribution in [0.2, 0.25) is 0 Å². The van der Waals surface area contributed by atoms with E-state index in [1.807, 2.05) is 6.92 Å². The van der Waals surface area contributed by atoms with Crippen LogP contribution in [0.3, 0.4) is 0 Å². The molecule has 2 rings (SSSR count). The molecule has 112 valence electrons. The zero-order chi connectivity index (χ0) is 15.5. The number of hydrogen-bond donors (Lipinski definition) is 2. The molecule has 2 aromatic rings. The molecule has 0 saturated carbocycles. The molecular weight excluding hydrogens is 310 g/mol. The Hall–Kier alpha value is -1.93. The molecule has 0 atom stereocenters. The standard InChI is InChI=1S/C13H15N3O3S2/c1-3-21(18,19)16-11-7-5-4-6-10(11)12(17)15-13-14-8-9(2)20-13/h4-8,16H,3H2,1-2H3,(H,14,15,17). The van der Waals surface area contributed by atoms with E-state index in [4.69, 9.17) is 0 Å². The summed E-state index contributed by atoms with van der Waals surface area (Å²) in [5, 5.41) is 3.13. The highest BCUT2D eigenvalue weighted by atomic mass is 32.2. The van der Waals surface area contributed by atoms with Crippen molar-refractivity contribution >= 4 is 38.1 Å². The quantitative estimate of drug-likeness (QED) is 0.884. The van der Waals surface area contributed by atoms with Gasteiger partial charge >= 0.3 is 0 Å². The van der Waals surface area contributed by atoms with Crippen LogP contribution in [0.25, 0.3) is 0 Å². The number of anilines is 2. The lowest BCUT2D eigenvalue weighted by Gasteiger charge is -2.10. The van der Waals surface area contributed by atoms with Crippen molar-refractivity contribution in [1.29, 1.82) is 0 Å². The highest BCUT2D eigenvalue weighted by molar-refractivity contribution is 7.92. The number of hydrogen-bond acceptors (Lipinski definition) is 5. The summed E-state index contributed by atoms with van der Waals surface area (Å²) in [6.07, 6.45) is 1.66. The van der Waals surface area contributed by atoms with Gasteiger partial charge in [-0.05, 0) is 26.0 Å². The topological polar surface area (TPSA) is 88.2 Å². The Kier molecular flexibility index (Phi) is 4.59. The molecule has 0 spiro atoms. The van der Waals surface area contributed by atoms with Crippen molar-refractivity contribution in [2.24, 2.45) is 0 Å². The lowest BCUT2D eigenvalue weighted by Crippen LogP contribution is -2.19. The summed E-state index contributed by atoms with van der Waals surface area (Å²) in [7, 11) is -3.44. The first kappa shape index (κ1) is 15.5. The van der Waals surface area contributed by atoms with E-state index in [0.29, 0.717) is 5.13 Å². The van der Waals surface area contributed by atoms with E-state index in [-0.39, 0.29) is 17.0 Å². The molecule has 0 saturated heterocycles. The number of benzene rings is 1. The maximum absolute atomic E-state index is 12.2. The van der Waals surface area contributed by atoms with Crippen LogP contribution in [-0.4, -0.2) is 25.1 Å². The van der Waals surface area contributed by atoms with Gasteiger partial charge in [0.15, 0.2) is 5.13 Å². The number of nitrogens with one attached hydrogen (secondary N) is 2. The minimum Gasteiger partial charge on any atom is -0.298 e. The van der Waals surface area contributed by atoms with Crippen molar-refractivity contribution in [3.05, 3.63) is 40.9 Å². The lowest BCUT2D eigenvalue weighted by molar-refractivity contribution is 0.102. The molecule has 0 aliphatic heterocycles. The number of carbonyl (C=O) groups excluding carboxylic acids is 1. The van der Waals surface area contributed by atoms with Gasteiger partial charge in [0.05, 0.1) is 17.0 Å². The van der Waals surface area contributed by atoms with E-state index in [1.165, 1.54) is 18.3 Å². The van der Waals surface area contributed by atoms with Crippen molar-refractivity contribution in [3.63, 3.8) is 0 Å². The average molecular weight is 325 g/mol. The van der Waals surface area contributed by atoms with Crippen LogP contribution in [0.1, 0.15) is 22.2 Å². The van der Waals surface area contributed by atoms with Crippen molar-refractivity contribution < 1.29 is 13.2 Å². The van der Waals surface area contributed by atoms with Crippen molar-refractivity contribution in [2.75, 3.05) is 15.8 Å².